The summed E-state index contributed by atoms with van der Waals surface area (Å²) >= 11 is 0. The summed E-state index contributed by atoms with van der Waals surface area (Å²) in [4.78, 5) is 4.61. The molecule has 2 nitrogen and oxygen atoms in total. The molecule has 2 aliphatic carbocycles. The Morgan fingerprint density at radius 2 is 1.70 bits per heavy atom. The number of hydrogen-bond donors (Lipinski definition) is 0. The van der Waals surface area contributed by atoms with Crippen LogP contribution in [0.2, 0.25) is 0 Å². The van der Waals surface area contributed by atoms with Crippen molar-refractivity contribution in [1.82, 2.24) is 0 Å². The Kier molecular flexibility index (Phi) is 2.94. The number of ether oxygens (including phenoxy) is 1. The highest BCUT2D eigenvalue weighted by Crippen LogP contribution is 2.53. The molecule has 23 heavy (non-hydrogen) atoms. The number of nitrogens with zero attached hydrogens (tertiary/aromatic N) is 1. The van der Waals surface area contributed by atoms with E-state index in [0.717, 1.165) is 25.5 Å². The summed E-state index contributed by atoms with van der Waals surface area (Å²) in [5.41, 5.74) is 7.45. The molecule has 5 rings (SSSR count). The van der Waals surface area contributed by atoms with E-state index in [4.69, 9.17) is 4.74 Å². The predicted octanol–water partition coefficient (Wildman–Crippen LogP) is 3.14. The molecule has 1 spiro atoms. The van der Waals surface area contributed by atoms with Crippen molar-refractivity contribution in [3.63, 3.8) is 0 Å². The molecule has 3 heteroatoms. The molecule has 1 aliphatic heterocycles. The number of fused-ring (bicyclic) bond motifs is 4. The highest BCUT2D eigenvalue weighted by atomic mass is 31.0. The number of benzene rings is 2. The molecule has 0 amide bonds. The molecule has 116 valence electrons. The fourth-order valence-electron chi connectivity index (χ4n) is 4.91. The zero-order valence-electron chi connectivity index (χ0n) is 13.1. The number of aryl methyl sites for hydroxylation is 2. The predicted molar refractivity (Wildman–Crippen MR) is 97.0 cm³/mol. The highest BCUT2D eigenvalue weighted by Gasteiger charge is 2.47. The van der Waals surface area contributed by atoms with Gasteiger partial charge in [-0.1, -0.05) is 30.3 Å². The first-order chi connectivity index (χ1) is 11.3. The molecule has 0 bridgehead atoms. The van der Waals surface area contributed by atoms with Crippen LogP contribution in [0.1, 0.15) is 40.7 Å². The zero-order chi connectivity index (χ0) is 15.4. The smallest absolute Gasteiger partial charge is 0.216 e. The molecule has 2 unspecified atom stereocenters. The van der Waals surface area contributed by atoms with Gasteiger partial charge in [0, 0.05) is 11.0 Å². The monoisotopic (exact) mass is 321 g/mol. The number of aliphatic imine (C=N–C) groups is 1. The maximum absolute atomic E-state index is 5.83. The van der Waals surface area contributed by atoms with Crippen LogP contribution in [0.4, 0.5) is 0 Å². The molecule has 1 heterocycles. The van der Waals surface area contributed by atoms with Crippen LogP contribution < -0.4 is 5.30 Å². The Hall–Kier alpha value is -1.66. The fourth-order valence-corrected chi connectivity index (χ4v) is 5.48. The van der Waals surface area contributed by atoms with E-state index in [1.807, 2.05) is 0 Å². The molecule has 0 fully saturated rings. The van der Waals surface area contributed by atoms with E-state index < -0.39 is 0 Å². The van der Waals surface area contributed by atoms with Crippen molar-refractivity contribution in [2.24, 2.45) is 4.99 Å². The first-order valence-corrected chi connectivity index (χ1v) is 9.05. The summed E-state index contributed by atoms with van der Waals surface area (Å²) in [6.45, 7) is 1.51. The average molecular weight is 321 g/mol. The van der Waals surface area contributed by atoms with E-state index in [1.165, 1.54) is 46.8 Å². The van der Waals surface area contributed by atoms with Gasteiger partial charge in [0.1, 0.15) is 6.61 Å². The third-order valence-corrected chi connectivity index (χ3v) is 6.23. The van der Waals surface area contributed by atoms with E-state index in [2.05, 4.69) is 50.6 Å². The summed E-state index contributed by atoms with van der Waals surface area (Å²) in [5.74, 6) is 0.859. The normalized spacial score (nSPS) is 24.5. The van der Waals surface area contributed by atoms with Crippen molar-refractivity contribution >= 4 is 20.4 Å². The van der Waals surface area contributed by atoms with Crippen molar-refractivity contribution in [3.8, 4) is 0 Å². The van der Waals surface area contributed by atoms with E-state index in [1.54, 1.807) is 5.56 Å². The zero-order valence-corrected chi connectivity index (χ0v) is 14.3. The minimum atomic E-state index is 0.161. The average Bonchev–Trinajstić information content (AvgIpc) is 3.29. The molecule has 0 N–H and O–H groups in total. The molecule has 0 saturated heterocycles. The molecule has 2 aromatic carbocycles. The third kappa shape index (κ3) is 1.82. The van der Waals surface area contributed by atoms with Crippen LogP contribution in [0.5, 0.6) is 0 Å². The summed E-state index contributed by atoms with van der Waals surface area (Å²) in [7, 11) is 2.97. The molecule has 0 saturated carbocycles. The second-order valence-electron chi connectivity index (χ2n) is 6.84. The van der Waals surface area contributed by atoms with E-state index in [-0.39, 0.29) is 5.41 Å². The molecule has 0 aromatic heterocycles. The van der Waals surface area contributed by atoms with Crippen LogP contribution in [0.3, 0.4) is 0 Å². The van der Waals surface area contributed by atoms with Crippen LogP contribution in [0.15, 0.2) is 41.4 Å². The quantitative estimate of drug-likeness (QED) is 0.740. The van der Waals surface area contributed by atoms with Crippen LogP contribution in [-0.2, 0) is 23.0 Å². The van der Waals surface area contributed by atoms with Crippen LogP contribution in [-0.4, -0.2) is 19.0 Å². The van der Waals surface area contributed by atoms with Crippen LogP contribution >= 0.6 is 9.24 Å². The van der Waals surface area contributed by atoms with Gasteiger partial charge in [0.15, 0.2) is 0 Å². The van der Waals surface area contributed by atoms with Gasteiger partial charge >= 0.3 is 0 Å². The largest absolute Gasteiger partial charge is 0.476 e. The fraction of sp³-hybridized carbons (Fsp3) is 0.350. The third-order valence-electron chi connectivity index (χ3n) is 5.75. The standard InChI is InChI=1S/C20H20NOP/c23-16-6-2-4-14-8-10-20(18(14)16)9-7-13-3-1-5-15(17(13)20)19-21-11-12-22-19/h1-6H,7-12,23H2. The molecular formula is C20H20NOP. The van der Waals surface area contributed by atoms with Crippen LogP contribution in [0, 0.1) is 0 Å². The second kappa shape index (κ2) is 4.92. The van der Waals surface area contributed by atoms with Crippen molar-refractivity contribution < 1.29 is 4.74 Å². The number of rotatable bonds is 1. The Balaban J connectivity index is 1.78. The van der Waals surface area contributed by atoms with Gasteiger partial charge in [-0.25, -0.2) is 4.99 Å². The highest BCUT2D eigenvalue weighted by molar-refractivity contribution is 7.27. The minimum Gasteiger partial charge on any atom is -0.476 e. The van der Waals surface area contributed by atoms with E-state index in [9.17, 15) is 0 Å². The molecule has 2 atom stereocenters. The Labute approximate surface area is 139 Å². The van der Waals surface area contributed by atoms with Gasteiger partial charge in [-0.3, -0.25) is 0 Å². The molecule has 3 aliphatic rings. The van der Waals surface area contributed by atoms with Crippen molar-refractivity contribution in [3.05, 3.63) is 64.2 Å². The van der Waals surface area contributed by atoms with Gasteiger partial charge in [-0.2, -0.15) is 0 Å². The summed E-state index contributed by atoms with van der Waals surface area (Å²) in [5, 5.41) is 1.36. The van der Waals surface area contributed by atoms with Crippen molar-refractivity contribution in [2.75, 3.05) is 13.2 Å². The Morgan fingerprint density at radius 1 is 0.957 bits per heavy atom. The molecular weight excluding hydrogens is 301 g/mol. The van der Waals surface area contributed by atoms with Gasteiger partial charge in [0.25, 0.3) is 0 Å². The Bertz CT molecular complexity index is 838. The van der Waals surface area contributed by atoms with Crippen molar-refractivity contribution in [1.29, 1.82) is 0 Å². The maximum atomic E-state index is 5.83. The summed E-state index contributed by atoms with van der Waals surface area (Å²) in [6, 6.07) is 13.4. The first kappa shape index (κ1) is 13.7. The summed E-state index contributed by atoms with van der Waals surface area (Å²) in [6.07, 6.45) is 4.77. The van der Waals surface area contributed by atoms with Crippen molar-refractivity contribution in [2.45, 2.75) is 31.1 Å². The molecule has 2 aromatic rings. The van der Waals surface area contributed by atoms with Gasteiger partial charge < -0.3 is 4.74 Å². The summed E-state index contributed by atoms with van der Waals surface area (Å²) < 4.78 is 5.83. The minimum absolute atomic E-state index is 0.161. The lowest BCUT2D eigenvalue weighted by Gasteiger charge is -2.30. The van der Waals surface area contributed by atoms with E-state index >= 15 is 0 Å². The van der Waals surface area contributed by atoms with Gasteiger partial charge in [0.2, 0.25) is 5.90 Å². The lowest BCUT2D eigenvalue weighted by Crippen LogP contribution is -2.28. The van der Waals surface area contributed by atoms with Gasteiger partial charge in [0.05, 0.1) is 6.54 Å². The first-order valence-electron chi connectivity index (χ1n) is 8.47. The van der Waals surface area contributed by atoms with E-state index in [0.29, 0.717) is 0 Å². The lowest BCUT2D eigenvalue weighted by molar-refractivity contribution is 0.347. The van der Waals surface area contributed by atoms with Gasteiger partial charge in [-0.05, 0) is 59.3 Å². The topological polar surface area (TPSA) is 21.6 Å². The molecule has 0 radical (unpaired) electrons. The number of hydrogen-bond acceptors (Lipinski definition) is 2. The lowest BCUT2D eigenvalue weighted by atomic mass is 9.74. The maximum Gasteiger partial charge on any atom is 0.216 e. The van der Waals surface area contributed by atoms with Gasteiger partial charge in [-0.15, -0.1) is 9.24 Å². The SMILES string of the molecule is Pc1cccc2c1C1(CC2)CCc2cccc(C3=NCCO3)c21. The Morgan fingerprint density at radius 3 is 2.43 bits per heavy atom. The second-order valence-corrected chi connectivity index (χ2v) is 7.46. The van der Waals surface area contributed by atoms with Crippen LogP contribution in [0.25, 0.3) is 0 Å².